The molecule has 0 saturated heterocycles. The average Bonchev–Trinajstić information content (AvgIpc) is 3.07. The maximum Gasteiger partial charge on any atom is 0.283 e. The van der Waals surface area contributed by atoms with Gasteiger partial charge in [0.2, 0.25) is 0 Å². The van der Waals surface area contributed by atoms with E-state index in [9.17, 15) is 9.59 Å². The molecule has 1 heterocycles. The predicted molar refractivity (Wildman–Crippen MR) is 93.5 cm³/mol. The Bertz CT molecular complexity index is 882. The molecule has 0 fully saturated rings. The minimum atomic E-state index is -0.739. The van der Waals surface area contributed by atoms with E-state index >= 15 is 0 Å². The van der Waals surface area contributed by atoms with Crippen molar-refractivity contribution in [3.8, 4) is 5.75 Å². The number of carbonyl (C=O) groups is 1. The van der Waals surface area contributed by atoms with Crippen molar-refractivity contribution in [3.63, 3.8) is 0 Å². The van der Waals surface area contributed by atoms with Crippen molar-refractivity contribution < 1.29 is 14.1 Å². The van der Waals surface area contributed by atoms with Crippen molar-refractivity contribution >= 4 is 11.6 Å². The third kappa shape index (κ3) is 4.17. The SMILES string of the molecule is CC(C(=O)Nc1ccc(OCc2ccccc2)cc1)n1occc1=O. The Morgan fingerprint density at radius 2 is 1.84 bits per heavy atom. The second kappa shape index (κ2) is 7.53. The first-order valence-corrected chi connectivity index (χ1v) is 7.87. The number of amides is 1. The normalized spacial score (nSPS) is 11.7. The van der Waals surface area contributed by atoms with Gasteiger partial charge in [-0.3, -0.25) is 9.59 Å². The average molecular weight is 338 g/mol. The van der Waals surface area contributed by atoms with Gasteiger partial charge in [0.1, 0.15) is 24.7 Å². The van der Waals surface area contributed by atoms with Crippen LogP contribution in [-0.4, -0.2) is 10.6 Å². The number of ether oxygens (including phenoxy) is 1. The van der Waals surface area contributed by atoms with Crippen molar-refractivity contribution in [1.82, 2.24) is 4.74 Å². The Labute approximate surface area is 144 Å². The smallest absolute Gasteiger partial charge is 0.283 e. The molecule has 25 heavy (non-hydrogen) atoms. The topological polar surface area (TPSA) is 73.5 Å². The largest absolute Gasteiger partial charge is 0.489 e. The summed E-state index contributed by atoms with van der Waals surface area (Å²) in [6, 6.07) is 17.4. The number of benzene rings is 2. The van der Waals surface area contributed by atoms with Crippen molar-refractivity contribution in [2.24, 2.45) is 0 Å². The van der Waals surface area contributed by atoms with Gasteiger partial charge in [-0.15, -0.1) is 0 Å². The maximum absolute atomic E-state index is 12.2. The summed E-state index contributed by atoms with van der Waals surface area (Å²) in [5.74, 6) is 0.368. The number of nitrogens with zero attached hydrogens (tertiary/aromatic N) is 1. The molecule has 0 saturated carbocycles. The van der Waals surface area contributed by atoms with E-state index in [1.54, 1.807) is 31.2 Å². The third-order valence-corrected chi connectivity index (χ3v) is 3.70. The zero-order valence-corrected chi connectivity index (χ0v) is 13.7. The Balaban J connectivity index is 1.58. The lowest BCUT2D eigenvalue weighted by Crippen LogP contribution is -2.28. The molecule has 3 rings (SSSR count). The molecule has 0 aliphatic rings. The summed E-state index contributed by atoms with van der Waals surface area (Å²) in [5.41, 5.74) is 1.34. The number of nitrogens with one attached hydrogen (secondary N) is 1. The number of aromatic nitrogens is 1. The summed E-state index contributed by atoms with van der Waals surface area (Å²) in [6.07, 6.45) is 1.25. The van der Waals surface area contributed by atoms with Crippen LogP contribution in [0, 0.1) is 0 Å². The molecule has 1 amide bonds. The molecular weight excluding hydrogens is 320 g/mol. The fourth-order valence-corrected chi connectivity index (χ4v) is 2.29. The van der Waals surface area contributed by atoms with Gasteiger partial charge in [0, 0.05) is 11.8 Å². The summed E-state index contributed by atoms with van der Waals surface area (Å²) >= 11 is 0. The standard InChI is InChI=1S/C19H18N2O4/c1-14(21-18(22)11-12-25-21)19(23)20-16-7-9-17(10-8-16)24-13-15-5-3-2-4-6-15/h2-12,14H,13H2,1H3,(H,20,23). The van der Waals surface area contributed by atoms with Crippen LogP contribution >= 0.6 is 0 Å². The lowest BCUT2D eigenvalue weighted by Gasteiger charge is -2.12. The molecule has 1 atom stereocenters. The Morgan fingerprint density at radius 3 is 2.48 bits per heavy atom. The van der Waals surface area contributed by atoms with Crippen LogP contribution in [0.4, 0.5) is 5.69 Å². The summed E-state index contributed by atoms with van der Waals surface area (Å²) in [4.78, 5) is 23.7. The number of carbonyl (C=O) groups excluding carboxylic acids is 1. The number of hydrogen-bond acceptors (Lipinski definition) is 4. The van der Waals surface area contributed by atoms with Gasteiger partial charge < -0.3 is 14.6 Å². The first-order chi connectivity index (χ1) is 12.1. The highest BCUT2D eigenvalue weighted by Crippen LogP contribution is 2.18. The lowest BCUT2D eigenvalue weighted by atomic mass is 10.2. The van der Waals surface area contributed by atoms with E-state index in [2.05, 4.69) is 5.32 Å². The third-order valence-electron chi connectivity index (χ3n) is 3.70. The monoisotopic (exact) mass is 338 g/mol. The first kappa shape index (κ1) is 16.6. The zero-order chi connectivity index (χ0) is 17.6. The summed E-state index contributed by atoms with van der Waals surface area (Å²) in [5, 5.41) is 2.74. The van der Waals surface area contributed by atoms with E-state index in [1.165, 1.54) is 12.3 Å². The summed E-state index contributed by atoms with van der Waals surface area (Å²) in [6.45, 7) is 2.07. The molecule has 1 unspecified atom stereocenters. The fourth-order valence-electron chi connectivity index (χ4n) is 2.29. The summed E-state index contributed by atoms with van der Waals surface area (Å²) in [7, 11) is 0. The number of anilines is 1. The van der Waals surface area contributed by atoms with Crippen LogP contribution in [0.1, 0.15) is 18.5 Å². The minimum absolute atomic E-state index is 0.338. The van der Waals surface area contributed by atoms with Gasteiger partial charge in [0.25, 0.3) is 11.5 Å². The molecular formula is C19H18N2O4. The highest BCUT2D eigenvalue weighted by molar-refractivity contribution is 5.93. The van der Waals surface area contributed by atoms with E-state index in [0.717, 1.165) is 10.3 Å². The molecule has 0 spiro atoms. The lowest BCUT2D eigenvalue weighted by molar-refractivity contribution is -0.120. The minimum Gasteiger partial charge on any atom is -0.489 e. The molecule has 0 aliphatic heterocycles. The first-order valence-electron chi connectivity index (χ1n) is 7.87. The fraction of sp³-hybridized carbons (Fsp3) is 0.158. The zero-order valence-electron chi connectivity index (χ0n) is 13.7. The van der Waals surface area contributed by atoms with Crippen LogP contribution in [0.2, 0.25) is 0 Å². The predicted octanol–water partition coefficient (Wildman–Crippen LogP) is 3.22. The Morgan fingerprint density at radius 1 is 1.12 bits per heavy atom. The van der Waals surface area contributed by atoms with Gasteiger partial charge in [-0.05, 0) is 36.8 Å². The van der Waals surface area contributed by atoms with Gasteiger partial charge in [0.05, 0.1) is 0 Å². The van der Waals surface area contributed by atoms with Crippen LogP contribution in [0.25, 0.3) is 0 Å². The molecule has 0 aliphatic carbocycles. The molecule has 3 aromatic rings. The molecule has 0 radical (unpaired) electrons. The van der Waals surface area contributed by atoms with E-state index in [1.807, 2.05) is 30.3 Å². The number of hydrogen-bond donors (Lipinski definition) is 1. The molecule has 1 aromatic heterocycles. The van der Waals surface area contributed by atoms with Gasteiger partial charge in [-0.2, -0.15) is 4.74 Å². The quantitative estimate of drug-likeness (QED) is 0.749. The van der Waals surface area contributed by atoms with Crippen molar-refractivity contribution in [3.05, 3.63) is 82.8 Å². The van der Waals surface area contributed by atoms with Crippen LogP contribution in [0.3, 0.4) is 0 Å². The van der Waals surface area contributed by atoms with E-state index in [4.69, 9.17) is 9.26 Å². The van der Waals surface area contributed by atoms with Gasteiger partial charge in [-0.25, -0.2) is 0 Å². The Kier molecular flexibility index (Phi) is 4.99. The molecule has 6 nitrogen and oxygen atoms in total. The van der Waals surface area contributed by atoms with Crippen molar-refractivity contribution in [1.29, 1.82) is 0 Å². The molecule has 1 N–H and O–H groups in total. The highest BCUT2D eigenvalue weighted by Gasteiger charge is 2.18. The van der Waals surface area contributed by atoms with Crippen LogP contribution in [0.15, 0.2) is 76.2 Å². The van der Waals surface area contributed by atoms with E-state index in [-0.39, 0.29) is 11.5 Å². The maximum atomic E-state index is 12.2. The van der Waals surface area contributed by atoms with E-state index in [0.29, 0.717) is 18.0 Å². The van der Waals surface area contributed by atoms with Crippen LogP contribution in [0.5, 0.6) is 5.75 Å². The molecule has 0 bridgehead atoms. The molecule has 2 aromatic carbocycles. The van der Waals surface area contributed by atoms with Gasteiger partial charge in [0.15, 0.2) is 0 Å². The Hall–Kier alpha value is -3.28. The van der Waals surface area contributed by atoms with Crippen LogP contribution in [-0.2, 0) is 11.4 Å². The van der Waals surface area contributed by atoms with E-state index < -0.39 is 6.04 Å². The molecule has 128 valence electrons. The van der Waals surface area contributed by atoms with Crippen molar-refractivity contribution in [2.75, 3.05) is 5.32 Å². The second-order valence-electron chi connectivity index (χ2n) is 5.54. The second-order valence-corrected chi connectivity index (χ2v) is 5.54. The summed E-state index contributed by atoms with van der Waals surface area (Å²) < 4.78 is 11.7. The number of rotatable bonds is 6. The molecule has 6 heteroatoms. The van der Waals surface area contributed by atoms with Crippen LogP contribution < -0.4 is 15.6 Å². The van der Waals surface area contributed by atoms with Crippen molar-refractivity contribution in [2.45, 2.75) is 19.6 Å². The van der Waals surface area contributed by atoms with Gasteiger partial charge in [-0.1, -0.05) is 30.3 Å². The highest BCUT2D eigenvalue weighted by atomic mass is 16.5. The van der Waals surface area contributed by atoms with Gasteiger partial charge >= 0.3 is 0 Å².